The van der Waals surface area contributed by atoms with Crippen LogP contribution in [0.3, 0.4) is 0 Å². The molecule has 2 amide bonds. The molecule has 142 valence electrons. The number of halogens is 1. The van der Waals surface area contributed by atoms with E-state index in [0.29, 0.717) is 29.5 Å². The molecule has 1 saturated heterocycles. The molecule has 3 rings (SSSR count). The number of carbonyl (C=O) groups is 2. The Kier molecular flexibility index (Phi) is 5.83. The summed E-state index contributed by atoms with van der Waals surface area (Å²) in [6.07, 6.45) is -0.952. The number of nitrogens with one attached hydrogen (secondary N) is 2. The van der Waals surface area contributed by atoms with Crippen molar-refractivity contribution in [1.82, 2.24) is 10.6 Å². The third-order valence-corrected chi connectivity index (χ3v) is 4.56. The van der Waals surface area contributed by atoms with Crippen LogP contribution in [0.1, 0.15) is 12.0 Å². The zero-order valence-corrected chi connectivity index (χ0v) is 15.2. The molecule has 0 saturated carbocycles. The van der Waals surface area contributed by atoms with Crippen molar-refractivity contribution in [2.75, 3.05) is 13.2 Å². The number of carbonyl (C=O) groups excluding carboxylic acids is 1. The van der Waals surface area contributed by atoms with E-state index in [4.69, 9.17) is 26.2 Å². The smallest absolute Gasteiger partial charge is 0.405 e. The number of hydrogen-bond acceptors (Lipinski definition) is 4. The van der Waals surface area contributed by atoms with Crippen molar-refractivity contribution < 1.29 is 24.2 Å². The first kappa shape index (κ1) is 19.0. The molecule has 0 bridgehead atoms. The van der Waals surface area contributed by atoms with Crippen LogP contribution in [0.15, 0.2) is 48.5 Å². The predicted molar refractivity (Wildman–Crippen MR) is 99.1 cm³/mol. The summed E-state index contributed by atoms with van der Waals surface area (Å²) in [4.78, 5) is 23.4. The minimum absolute atomic E-state index is 0.0236. The van der Waals surface area contributed by atoms with Gasteiger partial charge in [-0.15, -0.1) is 0 Å². The van der Waals surface area contributed by atoms with Crippen molar-refractivity contribution in [1.29, 1.82) is 0 Å². The standard InChI is InChI=1S/C19H19ClN2O5/c20-15-3-1-2-4-16(15)27-14-7-5-13(6-8-14)11-21-17(23)19(22-18(24)25)9-10-26-12-19/h1-8,22H,9-12H2,(H,21,23)(H,24,25). The maximum atomic E-state index is 12.5. The molecule has 1 heterocycles. The summed E-state index contributed by atoms with van der Waals surface area (Å²) in [7, 11) is 0. The third-order valence-electron chi connectivity index (χ3n) is 4.24. The quantitative estimate of drug-likeness (QED) is 0.703. The zero-order chi connectivity index (χ0) is 19.3. The minimum Gasteiger partial charge on any atom is -0.465 e. The Morgan fingerprint density at radius 2 is 1.93 bits per heavy atom. The highest BCUT2D eigenvalue weighted by Crippen LogP contribution is 2.28. The van der Waals surface area contributed by atoms with Gasteiger partial charge >= 0.3 is 6.09 Å². The van der Waals surface area contributed by atoms with Gasteiger partial charge in [0.2, 0.25) is 5.91 Å². The molecule has 27 heavy (non-hydrogen) atoms. The van der Waals surface area contributed by atoms with Crippen molar-refractivity contribution in [3.05, 3.63) is 59.1 Å². The highest BCUT2D eigenvalue weighted by molar-refractivity contribution is 6.32. The molecule has 7 nitrogen and oxygen atoms in total. The van der Waals surface area contributed by atoms with E-state index in [9.17, 15) is 9.59 Å². The highest BCUT2D eigenvalue weighted by Gasteiger charge is 2.43. The first-order valence-corrected chi connectivity index (χ1v) is 8.75. The second kappa shape index (κ2) is 8.28. The molecule has 1 aliphatic rings. The third kappa shape index (κ3) is 4.69. The molecule has 0 spiro atoms. The van der Waals surface area contributed by atoms with Crippen molar-refractivity contribution in [2.45, 2.75) is 18.5 Å². The number of ether oxygens (including phenoxy) is 2. The Hall–Kier alpha value is -2.77. The second-order valence-electron chi connectivity index (χ2n) is 6.17. The van der Waals surface area contributed by atoms with Gasteiger partial charge in [0, 0.05) is 19.6 Å². The lowest BCUT2D eigenvalue weighted by atomic mass is 9.97. The van der Waals surface area contributed by atoms with Crippen molar-refractivity contribution in [3.8, 4) is 11.5 Å². The van der Waals surface area contributed by atoms with E-state index in [-0.39, 0.29) is 13.2 Å². The van der Waals surface area contributed by atoms with Crippen LogP contribution in [0.25, 0.3) is 0 Å². The molecule has 1 unspecified atom stereocenters. The zero-order valence-electron chi connectivity index (χ0n) is 14.4. The first-order chi connectivity index (χ1) is 13.0. The van der Waals surface area contributed by atoms with E-state index < -0.39 is 17.5 Å². The van der Waals surface area contributed by atoms with E-state index in [0.717, 1.165) is 5.56 Å². The summed E-state index contributed by atoms with van der Waals surface area (Å²) >= 11 is 6.07. The fourth-order valence-corrected chi connectivity index (χ4v) is 2.96. The molecule has 3 N–H and O–H groups in total. The lowest BCUT2D eigenvalue weighted by Gasteiger charge is -2.25. The average molecular weight is 391 g/mol. The molecular formula is C19H19ClN2O5. The van der Waals surface area contributed by atoms with Gasteiger partial charge in [-0.1, -0.05) is 35.9 Å². The molecule has 2 aromatic rings. The molecule has 0 radical (unpaired) electrons. The van der Waals surface area contributed by atoms with Gasteiger partial charge in [-0.25, -0.2) is 4.79 Å². The number of para-hydroxylation sites is 1. The average Bonchev–Trinajstić information content (AvgIpc) is 3.12. The summed E-state index contributed by atoms with van der Waals surface area (Å²) < 4.78 is 10.9. The maximum absolute atomic E-state index is 12.5. The van der Waals surface area contributed by atoms with Crippen LogP contribution in [0.5, 0.6) is 11.5 Å². The van der Waals surface area contributed by atoms with Crippen molar-refractivity contribution in [3.63, 3.8) is 0 Å². The molecule has 0 aliphatic carbocycles. The summed E-state index contributed by atoms with van der Waals surface area (Å²) in [6, 6.07) is 14.3. The number of hydrogen-bond donors (Lipinski definition) is 3. The molecule has 8 heteroatoms. The Labute approximate surface area is 161 Å². The van der Waals surface area contributed by atoms with Crippen LogP contribution < -0.4 is 15.4 Å². The van der Waals surface area contributed by atoms with E-state index >= 15 is 0 Å². The molecule has 2 aromatic carbocycles. The molecule has 1 fully saturated rings. The number of carboxylic acid groups (broad SMARTS) is 1. The van der Waals surface area contributed by atoms with Gasteiger partial charge in [0.25, 0.3) is 0 Å². The van der Waals surface area contributed by atoms with Crippen LogP contribution in [0.2, 0.25) is 5.02 Å². The molecular weight excluding hydrogens is 372 g/mol. The highest BCUT2D eigenvalue weighted by atomic mass is 35.5. The fourth-order valence-electron chi connectivity index (χ4n) is 2.79. The second-order valence-corrected chi connectivity index (χ2v) is 6.58. The lowest BCUT2D eigenvalue weighted by Crippen LogP contribution is -2.59. The Morgan fingerprint density at radius 1 is 1.19 bits per heavy atom. The SMILES string of the molecule is O=C(O)NC1(C(=O)NCc2ccc(Oc3ccccc3Cl)cc2)CCOC1. The molecule has 1 atom stereocenters. The normalized spacial score (nSPS) is 18.7. The Morgan fingerprint density at radius 3 is 2.56 bits per heavy atom. The van der Waals surface area contributed by atoms with Crippen molar-refractivity contribution >= 4 is 23.6 Å². The van der Waals surface area contributed by atoms with Gasteiger partial charge in [-0.2, -0.15) is 0 Å². The van der Waals surface area contributed by atoms with Crippen LogP contribution in [-0.2, 0) is 16.1 Å². The van der Waals surface area contributed by atoms with Gasteiger partial charge in [0.15, 0.2) is 0 Å². The van der Waals surface area contributed by atoms with Crippen molar-refractivity contribution in [2.24, 2.45) is 0 Å². The predicted octanol–water partition coefficient (Wildman–Crippen LogP) is 3.18. The minimum atomic E-state index is -1.25. The summed E-state index contributed by atoms with van der Waals surface area (Å²) in [5.41, 5.74) is -0.391. The maximum Gasteiger partial charge on any atom is 0.405 e. The fraction of sp³-hybridized carbons (Fsp3) is 0.263. The largest absolute Gasteiger partial charge is 0.465 e. The lowest BCUT2D eigenvalue weighted by molar-refractivity contribution is -0.127. The summed E-state index contributed by atoms with van der Waals surface area (Å²) in [6.45, 7) is 0.617. The Bertz CT molecular complexity index is 819. The van der Waals surface area contributed by atoms with E-state index in [1.165, 1.54) is 0 Å². The van der Waals surface area contributed by atoms with E-state index in [2.05, 4.69) is 10.6 Å². The van der Waals surface area contributed by atoms with Crippen LogP contribution in [0, 0.1) is 0 Å². The monoisotopic (exact) mass is 390 g/mol. The van der Waals surface area contributed by atoms with Gasteiger partial charge in [0.1, 0.15) is 17.0 Å². The van der Waals surface area contributed by atoms with E-state index in [1.54, 1.807) is 24.3 Å². The van der Waals surface area contributed by atoms with E-state index in [1.807, 2.05) is 24.3 Å². The van der Waals surface area contributed by atoms with Gasteiger partial charge < -0.3 is 25.2 Å². The van der Waals surface area contributed by atoms with Crippen LogP contribution >= 0.6 is 11.6 Å². The number of benzene rings is 2. The van der Waals surface area contributed by atoms with Crippen LogP contribution in [0.4, 0.5) is 4.79 Å². The summed E-state index contributed by atoms with van der Waals surface area (Å²) in [5, 5.41) is 14.5. The molecule has 1 aliphatic heterocycles. The topological polar surface area (TPSA) is 96.9 Å². The van der Waals surface area contributed by atoms with Gasteiger partial charge in [0.05, 0.1) is 11.6 Å². The molecule has 0 aromatic heterocycles. The van der Waals surface area contributed by atoms with Crippen LogP contribution in [-0.4, -0.2) is 35.9 Å². The Balaban J connectivity index is 1.59. The number of amides is 2. The first-order valence-electron chi connectivity index (χ1n) is 8.37. The van der Waals surface area contributed by atoms with Gasteiger partial charge in [-0.05, 0) is 29.8 Å². The van der Waals surface area contributed by atoms with Gasteiger partial charge in [-0.3, -0.25) is 4.79 Å². The summed E-state index contributed by atoms with van der Waals surface area (Å²) in [5.74, 6) is 0.772. The number of rotatable bonds is 6.